The molecule has 1 fully saturated rings. The highest BCUT2D eigenvalue weighted by molar-refractivity contribution is 5.12. The summed E-state index contributed by atoms with van der Waals surface area (Å²) in [7, 11) is 0. The Bertz CT molecular complexity index is 278. The van der Waals surface area contributed by atoms with Crippen molar-refractivity contribution in [2.45, 2.75) is 25.9 Å². The van der Waals surface area contributed by atoms with Gasteiger partial charge in [0.1, 0.15) is 0 Å². The Labute approximate surface area is 84.5 Å². The van der Waals surface area contributed by atoms with E-state index in [-0.39, 0.29) is 0 Å². The fraction of sp³-hybridized carbons (Fsp3) is 0.545. The van der Waals surface area contributed by atoms with Crippen LogP contribution < -0.4 is 5.32 Å². The van der Waals surface area contributed by atoms with Gasteiger partial charge in [0.15, 0.2) is 0 Å². The number of pyridine rings is 1. The Hall–Kier alpha value is -0.930. The van der Waals surface area contributed by atoms with Crippen LogP contribution in [0, 0.1) is 6.92 Å². The highest BCUT2D eigenvalue weighted by Crippen LogP contribution is 2.05. The molecule has 0 radical (unpaired) electrons. The van der Waals surface area contributed by atoms with Crippen molar-refractivity contribution in [3.8, 4) is 0 Å². The quantitative estimate of drug-likeness (QED) is 0.783. The van der Waals surface area contributed by atoms with Crippen LogP contribution in [-0.4, -0.2) is 24.2 Å². The summed E-state index contributed by atoms with van der Waals surface area (Å²) in [6, 6.07) is 4.68. The van der Waals surface area contributed by atoms with E-state index in [9.17, 15) is 0 Å². The van der Waals surface area contributed by atoms with E-state index in [1.54, 1.807) is 0 Å². The maximum Gasteiger partial charge on any atom is 0.0620 e. The third kappa shape index (κ3) is 2.53. The summed E-state index contributed by atoms with van der Waals surface area (Å²) in [4.78, 5) is 4.25. The van der Waals surface area contributed by atoms with E-state index in [2.05, 4.69) is 16.4 Å². The number of nitrogens with zero attached hydrogens (tertiary/aromatic N) is 1. The molecule has 2 heterocycles. The molecule has 0 aliphatic carbocycles. The molecule has 1 atom stereocenters. The SMILES string of the molecule is Cc1ccc(CNC2CCOC2)cn1. The first kappa shape index (κ1) is 9.62. The predicted octanol–water partition coefficient (Wildman–Crippen LogP) is 1.27. The van der Waals surface area contributed by atoms with Crippen molar-refractivity contribution >= 4 is 0 Å². The standard InChI is InChI=1S/C11H16N2O/c1-9-2-3-10(6-12-9)7-13-11-4-5-14-8-11/h2-3,6,11,13H,4-5,7-8H2,1H3. The van der Waals surface area contributed by atoms with Gasteiger partial charge in [0.25, 0.3) is 0 Å². The number of ether oxygens (including phenoxy) is 1. The van der Waals surface area contributed by atoms with Crippen LogP contribution in [0.5, 0.6) is 0 Å². The van der Waals surface area contributed by atoms with E-state index in [0.717, 1.165) is 31.9 Å². The van der Waals surface area contributed by atoms with Crippen molar-refractivity contribution < 1.29 is 4.74 Å². The lowest BCUT2D eigenvalue weighted by Crippen LogP contribution is -2.28. The molecule has 2 rings (SSSR count). The van der Waals surface area contributed by atoms with Crippen molar-refractivity contribution in [2.24, 2.45) is 0 Å². The zero-order valence-electron chi connectivity index (χ0n) is 8.49. The molecule has 14 heavy (non-hydrogen) atoms. The molecule has 3 heteroatoms. The Morgan fingerprint density at radius 1 is 1.57 bits per heavy atom. The van der Waals surface area contributed by atoms with Gasteiger partial charge in [-0.15, -0.1) is 0 Å². The molecule has 0 bridgehead atoms. The van der Waals surface area contributed by atoms with Gasteiger partial charge in [-0.1, -0.05) is 6.07 Å². The van der Waals surface area contributed by atoms with Crippen molar-refractivity contribution in [3.05, 3.63) is 29.6 Å². The Kier molecular flexibility index (Phi) is 3.11. The molecule has 3 nitrogen and oxygen atoms in total. The van der Waals surface area contributed by atoms with E-state index in [1.807, 2.05) is 19.2 Å². The molecular formula is C11H16N2O. The summed E-state index contributed by atoms with van der Waals surface area (Å²) in [5.74, 6) is 0. The highest BCUT2D eigenvalue weighted by Gasteiger charge is 2.14. The number of aryl methyl sites for hydroxylation is 1. The molecule has 0 spiro atoms. The zero-order valence-corrected chi connectivity index (χ0v) is 8.49. The average molecular weight is 192 g/mol. The Balaban J connectivity index is 1.82. The second-order valence-electron chi connectivity index (χ2n) is 3.75. The van der Waals surface area contributed by atoms with Crippen LogP contribution in [-0.2, 0) is 11.3 Å². The summed E-state index contributed by atoms with van der Waals surface area (Å²) in [6.07, 6.45) is 3.05. The van der Waals surface area contributed by atoms with Crippen LogP contribution in [0.3, 0.4) is 0 Å². The maximum absolute atomic E-state index is 5.29. The van der Waals surface area contributed by atoms with Crippen LogP contribution >= 0.6 is 0 Å². The molecule has 1 aliphatic heterocycles. The van der Waals surface area contributed by atoms with Crippen LogP contribution in [0.4, 0.5) is 0 Å². The molecule has 0 amide bonds. The normalized spacial score (nSPS) is 21.4. The number of aromatic nitrogens is 1. The molecule has 1 aliphatic rings. The first-order valence-corrected chi connectivity index (χ1v) is 5.07. The predicted molar refractivity (Wildman–Crippen MR) is 55.0 cm³/mol. The first-order chi connectivity index (χ1) is 6.84. The van der Waals surface area contributed by atoms with Crippen LogP contribution in [0.15, 0.2) is 18.3 Å². The lowest BCUT2D eigenvalue weighted by atomic mass is 10.2. The summed E-state index contributed by atoms with van der Waals surface area (Å²) in [5, 5.41) is 3.45. The minimum atomic E-state index is 0.524. The molecule has 0 aromatic carbocycles. The lowest BCUT2D eigenvalue weighted by molar-refractivity contribution is 0.190. The molecule has 1 N–H and O–H groups in total. The average Bonchev–Trinajstić information content (AvgIpc) is 2.70. The van der Waals surface area contributed by atoms with Gasteiger partial charge in [-0.3, -0.25) is 4.98 Å². The first-order valence-electron chi connectivity index (χ1n) is 5.07. The minimum absolute atomic E-state index is 0.524. The lowest BCUT2D eigenvalue weighted by Gasteiger charge is -2.09. The summed E-state index contributed by atoms with van der Waals surface area (Å²) in [6.45, 7) is 4.63. The second kappa shape index (κ2) is 4.53. The van der Waals surface area contributed by atoms with E-state index in [1.165, 1.54) is 5.56 Å². The number of hydrogen-bond donors (Lipinski definition) is 1. The van der Waals surface area contributed by atoms with Gasteiger partial charge in [-0.2, -0.15) is 0 Å². The third-order valence-corrected chi connectivity index (χ3v) is 2.50. The summed E-state index contributed by atoms with van der Waals surface area (Å²) >= 11 is 0. The van der Waals surface area contributed by atoms with Gasteiger partial charge in [-0.25, -0.2) is 0 Å². The van der Waals surface area contributed by atoms with Gasteiger partial charge in [-0.05, 0) is 25.0 Å². The zero-order chi connectivity index (χ0) is 9.80. The summed E-state index contributed by atoms with van der Waals surface area (Å²) < 4.78 is 5.29. The van der Waals surface area contributed by atoms with Crippen LogP contribution in [0.25, 0.3) is 0 Å². The fourth-order valence-electron chi connectivity index (χ4n) is 1.56. The van der Waals surface area contributed by atoms with Gasteiger partial charge >= 0.3 is 0 Å². The van der Waals surface area contributed by atoms with Gasteiger partial charge < -0.3 is 10.1 Å². The number of nitrogens with one attached hydrogen (secondary N) is 1. The Morgan fingerprint density at radius 2 is 2.50 bits per heavy atom. The highest BCUT2D eigenvalue weighted by atomic mass is 16.5. The monoisotopic (exact) mass is 192 g/mol. The maximum atomic E-state index is 5.29. The Morgan fingerprint density at radius 3 is 3.14 bits per heavy atom. The second-order valence-corrected chi connectivity index (χ2v) is 3.75. The van der Waals surface area contributed by atoms with E-state index in [0.29, 0.717) is 6.04 Å². The van der Waals surface area contributed by atoms with Gasteiger partial charge in [0.2, 0.25) is 0 Å². The molecule has 76 valence electrons. The number of hydrogen-bond acceptors (Lipinski definition) is 3. The summed E-state index contributed by atoms with van der Waals surface area (Å²) in [5.41, 5.74) is 2.31. The van der Waals surface area contributed by atoms with Gasteiger partial charge in [0, 0.05) is 31.1 Å². The van der Waals surface area contributed by atoms with Crippen molar-refractivity contribution in [1.29, 1.82) is 0 Å². The van der Waals surface area contributed by atoms with Crippen molar-refractivity contribution in [2.75, 3.05) is 13.2 Å². The molecule has 1 aromatic rings. The van der Waals surface area contributed by atoms with Crippen LogP contribution in [0.2, 0.25) is 0 Å². The molecule has 1 aromatic heterocycles. The van der Waals surface area contributed by atoms with E-state index < -0.39 is 0 Å². The smallest absolute Gasteiger partial charge is 0.0620 e. The fourth-order valence-corrected chi connectivity index (χ4v) is 1.56. The van der Waals surface area contributed by atoms with Crippen molar-refractivity contribution in [1.82, 2.24) is 10.3 Å². The topological polar surface area (TPSA) is 34.1 Å². The number of rotatable bonds is 3. The molecule has 0 saturated carbocycles. The van der Waals surface area contributed by atoms with E-state index in [4.69, 9.17) is 4.74 Å². The van der Waals surface area contributed by atoms with E-state index >= 15 is 0 Å². The molecule has 1 saturated heterocycles. The molecule has 1 unspecified atom stereocenters. The third-order valence-electron chi connectivity index (χ3n) is 2.50. The van der Waals surface area contributed by atoms with Crippen molar-refractivity contribution in [3.63, 3.8) is 0 Å². The van der Waals surface area contributed by atoms with Crippen LogP contribution in [0.1, 0.15) is 17.7 Å². The minimum Gasteiger partial charge on any atom is -0.380 e. The molecular weight excluding hydrogens is 176 g/mol. The van der Waals surface area contributed by atoms with Gasteiger partial charge in [0.05, 0.1) is 6.61 Å². The largest absolute Gasteiger partial charge is 0.380 e.